The van der Waals surface area contributed by atoms with Crippen LogP contribution in [0.1, 0.15) is 36.5 Å². The molecule has 1 nitrogen and oxygen atoms in total. The maximum Gasteiger partial charge on any atom is 0.0398 e. The van der Waals surface area contributed by atoms with Crippen molar-refractivity contribution in [1.29, 1.82) is 0 Å². The van der Waals surface area contributed by atoms with Gasteiger partial charge in [-0.25, -0.2) is 0 Å². The minimum absolute atomic E-state index is 0.797. The number of hydrogen-bond donors (Lipinski definition) is 0. The average Bonchev–Trinajstić information content (AvgIpc) is 2.75. The van der Waals surface area contributed by atoms with Crippen molar-refractivity contribution in [3.8, 4) is 23.0 Å². The van der Waals surface area contributed by atoms with Gasteiger partial charge in [-0.1, -0.05) is 90.7 Å². The maximum atomic E-state index is 4.55. The van der Waals surface area contributed by atoms with E-state index in [0.717, 1.165) is 30.5 Å². The number of nitrogens with zero attached hydrogens (tertiary/aromatic N) is 1. The lowest BCUT2D eigenvalue weighted by Crippen LogP contribution is -1.88. The van der Waals surface area contributed by atoms with Gasteiger partial charge in [-0.15, -0.1) is 0 Å². The second-order valence-corrected chi connectivity index (χ2v) is 6.51. The molecule has 0 N–H and O–H groups in total. The SMILES string of the molecule is C/C=C\c1ccccc1C=NCCCC#Cc1ccc(-c2ccccc2)cc1. The van der Waals surface area contributed by atoms with Crippen molar-refractivity contribution in [2.45, 2.75) is 19.8 Å². The third-order valence-electron chi connectivity index (χ3n) is 4.39. The summed E-state index contributed by atoms with van der Waals surface area (Å²) >= 11 is 0. The molecule has 0 aliphatic rings. The molecule has 0 unspecified atom stereocenters. The Morgan fingerprint density at radius 3 is 2.21 bits per heavy atom. The monoisotopic (exact) mass is 363 g/mol. The first-order valence-corrected chi connectivity index (χ1v) is 9.73. The highest BCUT2D eigenvalue weighted by molar-refractivity contribution is 5.85. The van der Waals surface area contributed by atoms with E-state index in [0.29, 0.717) is 0 Å². The summed E-state index contributed by atoms with van der Waals surface area (Å²) in [7, 11) is 0. The number of allylic oxidation sites excluding steroid dienone is 1. The minimum atomic E-state index is 0.797. The first-order valence-electron chi connectivity index (χ1n) is 9.73. The minimum Gasteiger partial charge on any atom is -0.293 e. The summed E-state index contributed by atoms with van der Waals surface area (Å²) in [5, 5.41) is 0. The molecule has 0 radical (unpaired) electrons. The van der Waals surface area contributed by atoms with Crippen molar-refractivity contribution in [2.75, 3.05) is 6.54 Å². The van der Waals surface area contributed by atoms with Crippen LogP contribution in [0.5, 0.6) is 0 Å². The summed E-state index contributed by atoms with van der Waals surface area (Å²) in [6, 6.07) is 27.1. The fraction of sp³-hybridized carbons (Fsp3) is 0.148. The maximum absolute atomic E-state index is 4.55. The Kier molecular flexibility index (Phi) is 7.41. The number of unbranched alkanes of at least 4 members (excludes halogenated alkanes) is 1. The highest BCUT2D eigenvalue weighted by atomic mass is 14.7. The Bertz CT molecular complexity index is 984. The topological polar surface area (TPSA) is 12.4 Å². The molecule has 0 bridgehead atoms. The standard InChI is InChI=1S/C27H25N/c1-2-11-24-15-8-9-16-27(24)22-28-21-10-4-5-12-23-17-19-26(20-18-23)25-13-6-3-7-14-25/h2-3,6-9,11,13-20,22H,4,10,21H2,1H3/b11-2-,28-22?. The third kappa shape index (κ3) is 5.83. The summed E-state index contributed by atoms with van der Waals surface area (Å²) in [5.41, 5.74) is 5.87. The van der Waals surface area contributed by atoms with Crippen molar-refractivity contribution in [2.24, 2.45) is 4.99 Å². The van der Waals surface area contributed by atoms with Crippen LogP contribution in [-0.2, 0) is 0 Å². The third-order valence-corrected chi connectivity index (χ3v) is 4.39. The van der Waals surface area contributed by atoms with E-state index in [1.165, 1.54) is 16.7 Å². The smallest absolute Gasteiger partial charge is 0.0398 e. The van der Waals surface area contributed by atoms with Crippen molar-refractivity contribution in [3.05, 3.63) is 102 Å². The molecule has 0 saturated carbocycles. The van der Waals surface area contributed by atoms with E-state index < -0.39 is 0 Å². The molecule has 0 aliphatic heterocycles. The molecule has 0 spiro atoms. The second kappa shape index (κ2) is 10.7. The average molecular weight is 364 g/mol. The molecular formula is C27H25N. The molecule has 3 aromatic carbocycles. The number of aliphatic imine (C=N–C) groups is 1. The first kappa shape index (κ1) is 19.4. The van der Waals surface area contributed by atoms with E-state index in [4.69, 9.17) is 0 Å². The van der Waals surface area contributed by atoms with Crippen LogP contribution >= 0.6 is 0 Å². The molecule has 0 saturated heterocycles. The van der Waals surface area contributed by atoms with Gasteiger partial charge in [0.25, 0.3) is 0 Å². The summed E-state index contributed by atoms with van der Waals surface area (Å²) in [6.45, 7) is 2.83. The van der Waals surface area contributed by atoms with Gasteiger partial charge in [0, 0.05) is 24.7 Å². The van der Waals surface area contributed by atoms with Gasteiger partial charge in [0.2, 0.25) is 0 Å². The van der Waals surface area contributed by atoms with Crippen LogP contribution in [-0.4, -0.2) is 12.8 Å². The summed E-state index contributed by atoms with van der Waals surface area (Å²) in [5.74, 6) is 6.50. The Balaban J connectivity index is 1.47. The zero-order valence-corrected chi connectivity index (χ0v) is 16.3. The van der Waals surface area contributed by atoms with E-state index in [9.17, 15) is 0 Å². The van der Waals surface area contributed by atoms with Gasteiger partial charge in [0.15, 0.2) is 0 Å². The Labute approximate surface area is 168 Å². The van der Waals surface area contributed by atoms with Crippen molar-refractivity contribution in [1.82, 2.24) is 0 Å². The molecule has 138 valence electrons. The van der Waals surface area contributed by atoms with Gasteiger partial charge in [-0.05, 0) is 47.7 Å². The Hall–Kier alpha value is -3.37. The molecular weight excluding hydrogens is 338 g/mol. The van der Waals surface area contributed by atoms with Crippen molar-refractivity contribution < 1.29 is 0 Å². The molecule has 28 heavy (non-hydrogen) atoms. The Morgan fingerprint density at radius 1 is 0.786 bits per heavy atom. The molecule has 0 aliphatic carbocycles. The van der Waals surface area contributed by atoms with Crippen LogP contribution in [0, 0.1) is 11.8 Å². The van der Waals surface area contributed by atoms with Crippen LogP contribution in [0.2, 0.25) is 0 Å². The van der Waals surface area contributed by atoms with Gasteiger partial charge >= 0.3 is 0 Å². The molecule has 0 atom stereocenters. The Morgan fingerprint density at radius 2 is 1.46 bits per heavy atom. The first-order chi connectivity index (χ1) is 13.9. The zero-order valence-electron chi connectivity index (χ0n) is 16.3. The second-order valence-electron chi connectivity index (χ2n) is 6.51. The quantitative estimate of drug-likeness (QED) is 0.264. The predicted octanol–water partition coefficient (Wildman–Crippen LogP) is 6.64. The van der Waals surface area contributed by atoms with Crippen molar-refractivity contribution >= 4 is 12.3 Å². The fourth-order valence-corrected chi connectivity index (χ4v) is 2.92. The summed E-state index contributed by atoms with van der Waals surface area (Å²) in [4.78, 5) is 4.55. The lowest BCUT2D eigenvalue weighted by Gasteiger charge is -2.00. The van der Waals surface area contributed by atoms with Gasteiger partial charge in [-0.3, -0.25) is 4.99 Å². The molecule has 3 aromatic rings. The van der Waals surface area contributed by atoms with Gasteiger partial charge in [0.05, 0.1) is 0 Å². The number of benzene rings is 3. The van der Waals surface area contributed by atoms with Crippen LogP contribution in [0.4, 0.5) is 0 Å². The predicted molar refractivity (Wildman–Crippen MR) is 122 cm³/mol. The zero-order chi connectivity index (χ0) is 19.4. The van der Waals surface area contributed by atoms with E-state index in [1.807, 2.05) is 25.3 Å². The van der Waals surface area contributed by atoms with Crippen molar-refractivity contribution in [3.63, 3.8) is 0 Å². The molecule has 0 amide bonds. The largest absolute Gasteiger partial charge is 0.293 e. The fourth-order valence-electron chi connectivity index (χ4n) is 2.92. The lowest BCUT2D eigenvalue weighted by molar-refractivity contribution is 0.873. The molecule has 0 heterocycles. The summed E-state index contributed by atoms with van der Waals surface area (Å²) in [6.07, 6.45) is 7.95. The van der Waals surface area contributed by atoms with Crippen LogP contribution in [0.3, 0.4) is 0 Å². The van der Waals surface area contributed by atoms with E-state index in [1.54, 1.807) is 0 Å². The van der Waals surface area contributed by atoms with Gasteiger partial charge in [0.1, 0.15) is 0 Å². The van der Waals surface area contributed by atoms with E-state index in [2.05, 4.69) is 95.7 Å². The van der Waals surface area contributed by atoms with E-state index >= 15 is 0 Å². The highest BCUT2D eigenvalue weighted by Gasteiger charge is 1.96. The van der Waals surface area contributed by atoms with Crippen LogP contribution < -0.4 is 0 Å². The molecule has 3 rings (SSSR count). The highest BCUT2D eigenvalue weighted by Crippen LogP contribution is 2.18. The number of rotatable bonds is 6. The normalized spacial score (nSPS) is 10.9. The molecule has 0 fully saturated rings. The van der Waals surface area contributed by atoms with Crippen LogP contribution in [0.25, 0.3) is 17.2 Å². The van der Waals surface area contributed by atoms with Gasteiger partial charge < -0.3 is 0 Å². The molecule has 1 heteroatoms. The van der Waals surface area contributed by atoms with Gasteiger partial charge in [-0.2, -0.15) is 0 Å². The molecule has 0 aromatic heterocycles. The van der Waals surface area contributed by atoms with E-state index in [-0.39, 0.29) is 0 Å². The van der Waals surface area contributed by atoms with Crippen LogP contribution in [0.15, 0.2) is 89.9 Å². The number of hydrogen-bond acceptors (Lipinski definition) is 1. The lowest BCUT2D eigenvalue weighted by atomic mass is 10.0. The summed E-state index contributed by atoms with van der Waals surface area (Å²) < 4.78 is 0.